The lowest BCUT2D eigenvalue weighted by Crippen LogP contribution is -2.41. The van der Waals surface area contributed by atoms with E-state index >= 15 is 0 Å². The second kappa shape index (κ2) is 5.64. The topological polar surface area (TPSA) is 55.8 Å². The fourth-order valence-corrected chi connectivity index (χ4v) is 2.00. The van der Waals surface area contributed by atoms with Gasteiger partial charge >= 0.3 is 5.97 Å². The zero-order valence-electron chi connectivity index (χ0n) is 10.4. The molecule has 0 aliphatic carbocycles. The summed E-state index contributed by atoms with van der Waals surface area (Å²) in [6, 6.07) is 0. The minimum atomic E-state index is -1.06. The lowest BCUT2D eigenvalue weighted by atomic mass is 9.94. The smallest absolute Gasteiger partial charge is 0.335 e. The van der Waals surface area contributed by atoms with E-state index in [-0.39, 0.29) is 0 Å². The van der Waals surface area contributed by atoms with Crippen molar-refractivity contribution in [2.24, 2.45) is 11.8 Å². The van der Waals surface area contributed by atoms with E-state index in [1.165, 1.54) is 0 Å². The lowest BCUT2D eigenvalue weighted by Gasteiger charge is -2.28. The Kier molecular flexibility index (Phi) is 4.74. The fourth-order valence-electron chi connectivity index (χ4n) is 2.00. The van der Waals surface area contributed by atoms with Crippen molar-refractivity contribution in [3.8, 4) is 0 Å². The van der Waals surface area contributed by atoms with Gasteiger partial charge in [-0.1, -0.05) is 13.8 Å². The van der Waals surface area contributed by atoms with Crippen LogP contribution in [0.4, 0.5) is 0 Å². The number of ether oxygens (including phenoxy) is 2. The molecule has 0 aromatic rings. The molecular weight excluding hydrogens is 208 g/mol. The molecule has 4 nitrogen and oxygen atoms in total. The molecule has 0 bridgehead atoms. The van der Waals surface area contributed by atoms with Crippen molar-refractivity contribution in [2.45, 2.75) is 39.2 Å². The Morgan fingerprint density at radius 2 is 2.31 bits per heavy atom. The predicted molar refractivity (Wildman–Crippen MR) is 60.4 cm³/mol. The van der Waals surface area contributed by atoms with Crippen LogP contribution < -0.4 is 0 Å². The molecule has 1 fully saturated rings. The highest BCUT2D eigenvalue weighted by Gasteiger charge is 2.35. The van der Waals surface area contributed by atoms with Crippen LogP contribution in [0.15, 0.2) is 0 Å². The third-order valence-corrected chi connectivity index (χ3v) is 2.91. The molecule has 0 saturated carbocycles. The van der Waals surface area contributed by atoms with Gasteiger partial charge in [0.2, 0.25) is 0 Å². The van der Waals surface area contributed by atoms with Crippen LogP contribution in [0, 0.1) is 11.8 Å². The molecular formula is C12H22O4. The number of carbonyl (C=O) groups is 1. The van der Waals surface area contributed by atoms with Gasteiger partial charge in [0.05, 0.1) is 13.2 Å². The SMILES string of the molecule is CC(C)CC(C)(OCC1CCOC1)C(=O)O. The van der Waals surface area contributed by atoms with Gasteiger partial charge in [0, 0.05) is 12.5 Å². The Morgan fingerprint density at radius 1 is 1.62 bits per heavy atom. The van der Waals surface area contributed by atoms with Gasteiger partial charge in [-0.15, -0.1) is 0 Å². The molecule has 1 N–H and O–H groups in total. The van der Waals surface area contributed by atoms with Crippen LogP contribution in [0.5, 0.6) is 0 Å². The van der Waals surface area contributed by atoms with Crippen LogP contribution in [0.2, 0.25) is 0 Å². The normalized spacial score (nSPS) is 24.6. The summed E-state index contributed by atoms with van der Waals surface area (Å²) in [4.78, 5) is 11.2. The highest BCUT2D eigenvalue weighted by atomic mass is 16.5. The Hall–Kier alpha value is -0.610. The number of hydrogen-bond acceptors (Lipinski definition) is 3. The largest absolute Gasteiger partial charge is 0.479 e. The van der Waals surface area contributed by atoms with E-state index < -0.39 is 11.6 Å². The standard InChI is InChI=1S/C12H22O4/c1-9(2)6-12(3,11(13)14)16-8-10-4-5-15-7-10/h9-10H,4-8H2,1-3H3,(H,13,14). The molecule has 1 rings (SSSR count). The third kappa shape index (κ3) is 3.76. The monoisotopic (exact) mass is 230 g/mol. The van der Waals surface area contributed by atoms with Crippen molar-refractivity contribution >= 4 is 5.97 Å². The van der Waals surface area contributed by atoms with Crippen LogP contribution in [0.25, 0.3) is 0 Å². The number of hydrogen-bond donors (Lipinski definition) is 1. The first-order chi connectivity index (χ1) is 7.44. The Labute approximate surface area is 96.9 Å². The molecule has 0 aromatic heterocycles. The van der Waals surface area contributed by atoms with E-state index in [2.05, 4.69) is 0 Å². The Bertz CT molecular complexity index is 233. The quantitative estimate of drug-likeness (QED) is 0.757. The maximum absolute atomic E-state index is 11.2. The minimum Gasteiger partial charge on any atom is -0.479 e. The van der Waals surface area contributed by atoms with Gasteiger partial charge in [0.1, 0.15) is 0 Å². The molecule has 0 amide bonds. The second-order valence-corrected chi connectivity index (χ2v) is 5.17. The van der Waals surface area contributed by atoms with E-state index in [9.17, 15) is 9.90 Å². The van der Waals surface area contributed by atoms with Gasteiger partial charge in [-0.05, 0) is 25.7 Å². The average molecular weight is 230 g/mol. The molecule has 1 aliphatic rings. The van der Waals surface area contributed by atoms with Crippen LogP contribution in [-0.2, 0) is 14.3 Å². The first-order valence-corrected chi connectivity index (χ1v) is 5.89. The van der Waals surface area contributed by atoms with Crippen LogP contribution >= 0.6 is 0 Å². The number of rotatable bonds is 6. The third-order valence-electron chi connectivity index (χ3n) is 2.91. The fraction of sp³-hybridized carbons (Fsp3) is 0.917. The summed E-state index contributed by atoms with van der Waals surface area (Å²) in [6.45, 7) is 7.60. The number of carboxylic acid groups (broad SMARTS) is 1. The summed E-state index contributed by atoms with van der Waals surface area (Å²) in [5.74, 6) is -0.216. The van der Waals surface area contributed by atoms with Crippen LogP contribution in [-0.4, -0.2) is 36.5 Å². The molecule has 0 spiro atoms. The molecule has 1 heterocycles. The Balaban J connectivity index is 2.46. The summed E-state index contributed by atoms with van der Waals surface area (Å²) in [5.41, 5.74) is -1.06. The molecule has 1 aliphatic heterocycles. The zero-order chi connectivity index (χ0) is 12.2. The summed E-state index contributed by atoms with van der Waals surface area (Å²) < 4.78 is 10.8. The van der Waals surface area contributed by atoms with Crippen molar-refractivity contribution < 1.29 is 19.4 Å². The van der Waals surface area contributed by atoms with Gasteiger partial charge in [0.25, 0.3) is 0 Å². The summed E-state index contributed by atoms with van der Waals surface area (Å²) in [5, 5.41) is 9.20. The maximum atomic E-state index is 11.2. The van der Waals surface area contributed by atoms with Crippen LogP contribution in [0.3, 0.4) is 0 Å². The van der Waals surface area contributed by atoms with Crippen molar-refractivity contribution in [1.29, 1.82) is 0 Å². The minimum absolute atomic E-state index is 0.306. The van der Waals surface area contributed by atoms with Gasteiger partial charge in [0.15, 0.2) is 5.60 Å². The van der Waals surface area contributed by atoms with E-state index in [4.69, 9.17) is 9.47 Å². The van der Waals surface area contributed by atoms with Crippen molar-refractivity contribution in [2.75, 3.05) is 19.8 Å². The molecule has 1 saturated heterocycles. The molecule has 94 valence electrons. The van der Waals surface area contributed by atoms with Gasteiger partial charge < -0.3 is 14.6 Å². The average Bonchev–Trinajstić information content (AvgIpc) is 2.65. The van der Waals surface area contributed by atoms with E-state index in [0.29, 0.717) is 31.5 Å². The van der Waals surface area contributed by atoms with Crippen LogP contribution in [0.1, 0.15) is 33.6 Å². The molecule has 0 radical (unpaired) electrons. The molecule has 4 heteroatoms. The lowest BCUT2D eigenvalue weighted by molar-refractivity contribution is -0.167. The van der Waals surface area contributed by atoms with E-state index in [0.717, 1.165) is 13.0 Å². The molecule has 2 unspecified atom stereocenters. The van der Waals surface area contributed by atoms with Gasteiger partial charge in [-0.3, -0.25) is 0 Å². The van der Waals surface area contributed by atoms with Gasteiger partial charge in [-0.2, -0.15) is 0 Å². The summed E-state index contributed by atoms with van der Waals surface area (Å²) in [6.07, 6.45) is 1.51. The second-order valence-electron chi connectivity index (χ2n) is 5.17. The van der Waals surface area contributed by atoms with Crippen molar-refractivity contribution in [3.63, 3.8) is 0 Å². The highest BCUT2D eigenvalue weighted by molar-refractivity contribution is 5.76. The number of carboxylic acids is 1. The Morgan fingerprint density at radius 3 is 2.75 bits per heavy atom. The molecule has 2 atom stereocenters. The van der Waals surface area contributed by atoms with Gasteiger partial charge in [-0.25, -0.2) is 4.79 Å². The molecule has 16 heavy (non-hydrogen) atoms. The summed E-state index contributed by atoms with van der Waals surface area (Å²) in [7, 11) is 0. The van der Waals surface area contributed by atoms with E-state index in [1.54, 1.807) is 6.92 Å². The first-order valence-electron chi connectivity index (χ1n) is 5.89. The zero-order valence-corrected chi connectivity index (χ0v) is 10.4. The highest BCUT2D eigenvalue weighted by Crippen LogP contribution is 2.24. The first kappa shape index (κ1) is 13.5. The van der Waals surface area contributed by atoms with Crippen molar-refractivity contribution in [3.05, 3.63) is 0 Å². The predicted octanol–water partition coefficient (Wildman–Crippen LogP) is 1.93. The molecule has 0 aromatic carbocycles. The number of aliphatic carboxylic acids is 1. The summed E-state index contributed by atoms with van der Waals surface area (Å²) >= 11 is 0. The van der Waals surface area contributed by atoms with Crippen molar-refractivity contribution in [1.82, 2.24) is 0 Å². The van der Waals surface area contributed by atoms with E-state index in [1.807, 2.05) is 13.8 Å². The maximum Gasteiger partial charge on any atom is 0.335 e.